The molecule has 0 bridgehead atoms. The number of hydrogen-bond acceptors (Lipinski definition) is 2. The van der Waals surface area contributed by atoms with Crippen LogP contribution in [0.4, 0.5) is 0 Å². The Morgan fingerprint density at radius 3 is 2.33 bits per heavy atom. The van der Waals surface area contributed by atoms with E-state index in [2.05, 4.69) is 0 Å². The fourth-order valence-electron chi connectivity index (χ4n) is 0.809. The lowest BCUT2D eigenvalue weighted by Gasteiger charge is -2.02. The van der Waals surface area contributed by atoms with Gasteiger partial charge in [-0.1, -0.05) is 19.4 Å². The molecule has 2 nitrogen and oxygen atoms in total. The van der Waals surface area contributed by atoms with Crippen LogP contribution in [0.5, 0.6) is 0 Å². The Bertz CT molecular complexity index is 190. The lowest BCUT2D eigenvalue weighted by Crippen LogP contribution is -2.06. The van der Waals surface area contributed by atoms with Crippen molar-refractivity contribution in [2.75, 3.05) is 0 Å². The van der Waals surface area contributed by atoms with Crippen molar-refractivity contribution in [1.82, 2.24) is 0 Å². The second-order valence-electron chi connectivity index (χ2n) is 3.27. The van der Waals surface area contributed by atoms with E-state index in [1.54, 1.807) is 0 Å². The van der Waals surface area contributed by atoms with Gasteiger partial charge in [-0.05, 0) is 19.4 Å². The molecule has 12 heavy (non-hydrogen) atoms. The summed E-state index contributed by atoms with van der Waals surface area (Å²) in [6.07, 6.45) is 3.52. The molecule has 0 radical (unpaired) electrons. The van der Waals surface area contributed by atoms with Crippen molar-refractivity contribution in [2.45, 2.75) is 33.6 Å². The number of rotatable bonds is 5. The molecule has 0 aliphatic rings. The zero-order valence-corrected chi connectivity index (χ0v) is 7.96. The quantitative estimate of drug-likeness (QED) is 0.465. The minimum atomic E-state index is 0.106. The normalized spacial score (nSPS) is 11.8. The van der Waals surface area contributed by atoms with Gasteiger partial charge >= 0.3 is 0 Å². The summed E-state index contributed by atoms with van der Waals surface area (Å²) in [4.78, 5) is 21.2. The Morgan fingerprint density at radius 1 is 1.33 bits per heavy atom. The summed E-state index contributed by atoms with van der Waals surface area (Å²) in [5, 5.41) is 0. The minimum Gasteiger partial charge on any atom is -0.299 e. The van der Waals surface area contributed by atoms with E-state index in [9.17, 15) is 9.59 Å². The van der Waals surface area contributed by atoms with E-state index in [1.807, 2.05) is 20.8 Å². The molecule has 0 saturated carbocycles. The predicted octanol–water partition coefficient (Wildman–Crippen LogP) is 2.14. The molecule has 0 unspecified atom stereocenters. The highest BCUT2D eigenvalue weighted by molar-refractivity contribution is 5.80. The van der Waals surface area contributed by atoms with Crippen LogP contribution in [0.1, 0.15) is 33.6 Å². The third-order valence-corrected chi connectivity index (χ3v) is 1.76. The first-order valence-electron chi connectivity index (χ1n) is 4.21. The Kier molecular flexibility index (Phi) is 5.26. The van der Waals surface area contributed by atoms with Gasteiger partial charge in [0.05, 0.1) is 0 Å². The van der Waals surface area contributed by atoms with Crippen molar-refractivity contribution in [1.29, 1.82) is 0 Å². The van der Waals surface area contributed by atoms with Crippen molar-refractivity contribution < 1.29 is 9.59 Å². The van der Waals surface area contributed by atoms with E-state index in [0.29, 0.717) is 12.8 Å². The summed E-state index contributed by atoms with van der Waals surface area (Å²) in [5.41, 5.74) is 0.971. The fraction of sp³-hybridized carbons (Fsp3) is 0.600. The van der Waals surface area contributed by atoms with E-state index < -0.39 is 0 Å². The van der Waals surface area contributed by atoms with Gasteiger partial charge in [-0.15, -0.1) is 0 Å². The molecule has 0 rings (SSSR count). The van der Waals surface area contributed by atoms with E-state index in [0.717, 1.165) is 11.9 Å². The fourth-order valence-corrected chi connectivity index (χ4v) is 0.809. The molecule has 0 aliphatic heterocycles. The smallest absolute Gasteiger partial charge is 0.142 e. The maximum absolute atomic E-state index is 11.1. The van der Waals surface area contributed by atoms with Crippen LogP contribution >= 0.6 is 0 Å². The first-order chi connectivity index (χ1) is 5.57. The van der Waals surface area contributed by atoms with Gasteiger partial charge in [0.2, 0.25) is 0 Å². The number of Topliss-reactive ketones (excluding diaryl/α,β-unsaturated/α-hetero) is 1. The maximum Gasteiger partial charge on any atom is 0.142 e. The number of carbonyl (C=O) groups is 2. The molecule has 68 valence electrons. The highest BCUT2D eigenvalue weighted by Crippen LogP contribution is 2.07. The zero-order valence-electron chi connectivity index (χ0n) is 7.96. The van der Waals surface area contributed by atoms with E-state index in [-0.39, 0.29) is 11.7 Å². The monoisotopic (exact) mass is 168 g/mol. The van der Waals surface area contributed by atoms with Gasteiger partial charge in [0.15, 0.2) is 0 Å². The molecule has 0 aromatic heterocycles. The first-order valence-corrected chi connectivity index (χ1v) is 4.21. The third kappa shape index (κ3) is 4.83. The van der Waals surface area contributed by atoms with Crippen molar-refractivity contribution in [3.63, 3.8) is 0 Å². The molecule has 0 aliphatic carbocycles. The number of aldehydes is 1. The van der Waals surface area contributed by atoms with Gasteiger partial charge < -0.3 is 0 Å². The molecule has 0 atom stereocenters. The van der Waals surface area contributed by atoms with Crippen LogP contribution in [0.3, 0.4) is 0 Å². The van der Waals surface area contributed by atoms with Crippen LogP contribution in [-0.4, -0.2) is 12.1 Å². The Labute approximate surface area is 73.7 Å². The molecule has 0 heterocycles. The van der Waals surface area contributed by atoms with Gasteiger partial charge in [-0.2, -0.15) is 0 Å². The minimum absolute atomic E-state index is 0.106. The molecule has 0 aromatic carbocycles. The highest BCUT2D eigenvalue weighted by Gasteiger charge is 2.06. The second kappa shape index (κ2) is 5.70. The van der Waals surface area contributed by atoms with E-state index in [4.69, 9.17) is 0 Å². The Balaban J connectivity index is 3.76. The second-order valence-corrected chi connectivity index (χ2v) is 3.27. The zero-order chi connectivity index (χ0) is 9.56. The van der Waals surface area contributed by atoms with Crippen molar-refractivity contribution in [3.05, 3.63) is 11.6 Å². The summed E-state index contributed by atoms with van der Waals surface area (Å²) in [6, 6.07) is 0. The first kappa shape index (κ1) is 11.1. The summed E-state index contributed by atoms with van der Waals surface area (Å²) >= 11 is 0. The average molecular weight is 168 g/mol. The summed E-state index contributed by atoms with van der Waals surface area (Å²) in [7, 11) is 0. The molecule has 0 amide bonds. The van der Waals surface area contributed by atoms with Crippen LogP contribution in [-0.2, 0) is 9.59 Å². The summed E-state index contributed by atoms with van der Waals surface area (Å²) in [6.45, 7) is 5.64. The largest absolute Gasteiger partial charge is 0.299 e. The van der Waals surface area contributed by atoms with Crippen molar-refractivity contribution in [3.8, 4) is 0 Å². The number of allylic oxidation sites excluding steroid dienone is 2. The topological polar surface area (TPSA) is 34.1 Å². The molecule has 0 spiro atoms. The van der Waals surface area contributed by atoms with Crippen LogP contribution in [0.25, 0.3) is 0 Å². The van der Waals surface area contributed by atoms with E-state index in [1.165, 1.54) is 6.08 Å². The molecule has 2 heteroatoms. The number of carbonyl (C=O) groups excluding carboxylic acids is 2. The van der Waals surface area contributed by atoms with Crippen LogP contribution in [0.15, 0.2) is 11.6 Å². The average Bonchev–Trinajstić information content (AvgIpc) is 2.00. The van der Waals surface area contributed by atoms with Gasteiger partial charge in [-0.3, -0.25) is 9.59 Å². The predicted molar refractivity (Wildman–Crippen MR) is 48.9 cm³/mol. The van der Waals surface area contributed by atoms with Gasteiger partial charge in [0.25, 0.3) is 0 Å². The molecule has 0 N–H and O–H groups in total. The SMILES string of the molecule is C/C(=C\C=O)CCC(=O)C(C)C. The number of hydrogen-bond donors (Lipinski definition) is 0. The highest BCUT2D eigenvalue weighted by atomic mass is 16.1. The number of ketones is 1. The van der Waals surface area contributed by atoms with Crippen molar-refractivity contribution >= 4 is 12.1 Å². The van der Waals surface area contributed by atoms with E-state index >= 15 is 0 Å². The Morgan fingerprint density at radius 2 is 1.92 bits per heavy atom. The lowest BCUT2D eigenvalue weighted by atomic mass is 10.0. The standard InChI is InChI=1S/C10H16O2/c1-8(2)10(12)5-4-9(3)6-7-11/h6-8H,4-5H2,1-3H3/b9-6+. The molecule has 0 aromatic rings. The Hall–Kier alpha value is -0.920. The summed E-state index contributed by atoms with van der Waals surface area (Å²) in [5.74, 6) is 0.364. The molecular weight excluding hydrogens is 152 g/mol. The summed E-state index contributed by atoms with van der Waals surface area (Å²) < 4.78 is 0. The van der Waals surface area contributed by atoms with Crippen LogP contribution in [0, 0.1) is 5.92 Å². The van der Waals surface area contributed by atoms with Gasteiger partial charge in [0.1, 0.15) is 12.1 Å². The van der Waals surface area contributed by atoms with Gasteiger partial charge in [-0.25, -0.2) is 0 Å². The molecular formula is C10H16O2. The van der Waals surface area contributed by atoms with Crippen LogP contribution < -0.4 is 0 Å². The molecule has 0 fully saturated rings. The lowest BCUT2D eigenvalue weighted by molar-refractivity contribution is -0.121. The molecule has 0 saturated heterocycles. The third-order valence-electron chi connectivity index (χ3n) is 1.76. The van der Waals surface area contributed by atoms with Gasteiger partial charge in [0, 0.05) is 12.3 Å². The maximum atomic E-state index is 11.1. The van der Waals surface area contributed by atoms with Crippen LogP contribution in [0.2, 0.25) is 0 Å². The van der Waals surface area contributed by atoms with Crippen molar-refractivity contribution in [2.24, 2.45) is 5.92 Å².